The molecule has 98 valence electrons. The number of aryl methyl sites for hydroxylation is 1. The minimum absolute atomic E-state index is 0.0777. The highest BCUT2D eigenvalue weighted by Crippen LogP contribution is 2.41. The molecule has 19 heavy (non-hydrogen) atoms. The lowest BCUT2D eigenvalue weighted by Crippen LogP contribution is -2.05. The van der Waals surface area contributed by atoms with Crippen molar-refractivity contribution < 1.29 is 19.4 Å². The Morgan fingerprint density at radius 2 is 2.05 bits per heavy atom. The Morgan fingerprint density at radius 3 is 2.68 bits per heavy atom. The van der Waals surface area contributed by atoms with Crippen molar-refractivity contribution in [3.05, 3.63) is 42.5 Å². The smallest absolute Gasteiger partial charge is 0.335 e. The summed E-state index contributed by atoms with van der Waals surface area (Å²) >= 11 is 0. The Bertz CT molecular complexity index is 659. The third-order valence-corrected chi connectivity index (χ3v) is 2.78. The Morgan fingerprint density at radius 1 is 1.32 bits per heavy atom. The normalized spacial score (nSPS) is 10.2. The predicted molar refractivity (Wildman–Crippen MR) is 72.7 cm³/mol. The average molecular weight is 258 g/mol. The molecule has 0 aliphatic heterocycles. The van der Waals surface area contributed by atoms with E-state index in [0.29, 0.717) is 16.5 Å². The van der Waals surface area contributed by atoms with E-state index in [0.717, 1.165) is 11.6 Å². The third kappa shape index (κ3) is 2.38. The lowest BCUT2D eigenvalue weighted by Gasteiger charge is -2.13. The van der Waals surface area contributed by atoms with Gasteiger partial charge in [-0.15, -0.1) is 0 Å². The van der Waals surface area contributed by atoms with Gasteiger partial charge in [-0.2, -0.15) is 0 Å². The van der Waals surface area contributed by atoms with Crippen molar-refractivity contribution in [3.63, 3.8) is 0 Å². The number of fused-ring (bicyclic) bond motifs is 1. The molecule has 0 bridgehead atoms. The minimum Gasteiger partial charge on any atom is -0.507 e. The molecule has 0 aromatic heterocycles. The van der Waals surface area contributed by atoms with E-state index in [-0.39, 0.29) is 11.5 Å². The van der Waals surface area contributed by atoms with Gasteiger partial charge in [-0.05, 0) is 13.0 Å². The fourth-order valence-electron chi connectivity index (χ4n) is 1.87. The Balaban J connectivity index is 2.74. The Hall–Kier alpha value is -2.49. The first-order chi connectivity index (χ1) is 9.06. The van der Waals surface area contributed by atoms with Crippen molar-refractivity contribution in [1.29, 1.82) is 0 Å². The van der Waals surface area contributed by atoms with Crippen LogP contribution in [0.15, 0.2) is 36.9 Å². The zero-order chi connectivity index (χ0) is 14.0. The van der Waals surface area contributed by atoms with E-state index < -0.39 is 5.97 Å². The summed E-state index contributed by atoms with van der Waals surface area (Å²) < 4.78 is 10.3. The maximum absolute atomic E-state index is 11.4. The highest BCUT2D eigenvalue weighted by molar-refractivity contribution is 5.98. The molecule has 2 aromatic carbocycles. The summed E-state index contributed by atoms with van der Waals surface area (Å²) in [7, 11) is 1.44. The first-order valence-electron chi connectivity index (χ1n) is 5.71. The van der Waals surface area contributed by atoms with E-state index >= 15 is 0 Å². The van der Waals surface area contributed by atoms with Crippen molar-refractivity contribution in [3.8, 4) is 17.2 Å². The quantitative estimate of drug-likeness (QED) is 0.522. The molecular weight excluding hydrogens is 244 g/mol. The molecule has 0 atom stereocenters. The molecule has 2 rings (SSSR count). The molecule has 2 aromatic rings. The first-order valence-corrected chi connectivity index (χ1v) is 5.71. The number of carbonyl (C=O) groups is 1. The second-order valence-electron chi connectivity index (χ2n) is 4.10. The summed E-state index contributed by atoms with van der Waals surface area (Å²) in [6, 6.07) is 6.88. The van der Waals surface area contributed by atoms with Gasteiger partial charge in [0.15, 0.2) is 11.5 Å². The maximum Gasteiger partial charge on any atom is 0.335 e. The molecule has 4 nitrogen and oxygen atoms in total. The fraction of sp³-hybridized carbons (Fsp3) is 0.133. The average Bonchev–Trinajstić information content (AvgIpc) is 2.41. The molecule has 0 fully saturated rings. The number of esters is 1. The van der Waals surface area contributed by atoms with Crippen molar-refractivity contribution in [2.24, 2.45) is 0 Å². The van der Waals surface area contributed by atoms with Gasteiger partial charge in [-0.25, -0.2) is 4.79 Å². The second-order valence-corrected chi connectivity index (χ2v) is 4.10. The number of aromatic hydroxyl groups is 1. The van der Waals surface area contributed by atoms with Crippen LogP contribution < -0.4 is 9.47 Å². The molecule has 0 heterocycles. The van der Waals surface area contributed by atoms with Gasteiger partial charge in [-0.3, -0.25) is 0 Å². The first kappa shape index (κ1) is 13.0. The van der Waals surface area contributed by atoms with Crippen LogP contribution >= 0.6 is 0 Å². The van der Waals surface area contributed by atoms with Crippen LogP contribution in [-0.2, 0) is 4.79 Å². The summed E-state index contributed by atoms with van der Waals surface area (Å²) in [4.78, 5) is 11.4. The lowest BCUT2D eigenvalue weighted by atomic mass is 10.1. The Kier molecular flexibility index (Phi) is 3.42. The molecule has 0 spiro atoms. The molecule has 0 aliphatic rings. The van der Waals surface area contributed by atoms with Gasteiger partial charge in [0.25, 0.3) is 0 Å². The SMILES string of the molecule is C=CC(=O)Oc1c(OC)cc(O)c2cc(C)ccc12. The van der Waals surface area contributed by atoms with Crippen LogP contribution in [-0.4, -0.2) is 18.2 Å². The van der Waals surface area contributed by atoms with Crippen LogP contribution in [0.25, 0.3) is 10.8 Å². The van der Waals surface area contributed by atoms with Crippen molar-refractivity contribution in [1.82, 2.24) is 0 Å². The fourth-order valence-corrected chi connectivity index (χ4v) is 1.87. The number of ether oxygens (including phenoxy) is 2. The molecule has 4 heteroatoms. The van der Waals surface area contributed by atoms with Crippen molar-refractivity contribution in [2.75, 3.05) is 7.11 Å². The highest BCUT2D eigenvalue weighted by Gasteiger charge is 2.16. The summed E-state index contributed by atoms with van der Waals surface area (Å²) in [5.41, 5.74) is 0.994. The van der Waals surface area contributed by atoms with E-state index in [9.17, 15) is 9.90 Å². The van der Waals surface area contributed by atoms with Crippen LogP contribution in [0.5, 0.6) is 17.2 Å². The summed E-state index contributed by atoms with van der Waals surface area (Å²) in [5, 5.41) is 11.2. The molecule has 1 N–H and O–H groups in total. The minimum atomic E-state index is -0.578. The molecule has 0 aliphatic carbocycles. The van der Waals surface area contributed by atoms with Crippen LogP contribution in [0.3, 0.4) is 0 Å². The number of phenols is 1. The summed E-state index contributed by atoms with van der Waals surface area (Å²) in [6.07, 6.45) is 1.08. The third-order valence-electron chi connectivity index (χ3n) is 2.78. The molecule has 0 saturated heterocycles. The Labute approximate surface area is 110 Å². The summed E-state index contributed by atoms with van der Waals surface area (Å²) in [6.45, 7) is 5.27. The van der Waals surface area contributed by atoms with Crippen molar-refractivity contribution >= 4 is 16.7 Å². The van der Waals surface area contributed by atoms with E-state index in [1.165, 1.54) is 13.2 Å². The maximum atomic E-state index is 11.4. The highest BCUT2D eigenvalue weighted by atomic mass is 16.6. The van der Waals surface area contributed by atoms with E-state index in [2.05, 4.69) is 6.58 Å². The number of methoxy groups -OCH3 is 1. The van der Waals surface area contributed by atoms with E-state index in [1.807, 2.05) is 19.1 Å². The molecule has 0 unspecified atom stereocenters. The molecule has 0 amide bonds. The molecular formula is C15H14O4. The zero-order valence-corrected chi connectivity index (χ0v) is 10.8. The van der Waals surface area contributed by atoms with E-state index in [1.54, 1.807) is 6.07 Å². The van der Waals surface area contributed by atoms with Gasteiger partial charge in [0.1, 0.15) is 5.75 Å². The second kappa shape index (κ2) is 5.02. The molecule has 0 radical (unpaired) electrons. The predicted octanol–water partition coefficient (Wildman–Crippen LogP) is 2.95. The standard InChI is InChI=1S/C15H14O4/c1-4-14(17)19-15-10-6-5-9(2)7-11(10)12(16)8-13(15)18-3/h4-8,16H,1H2,2-3H3. The number of phenolic OH excluding ortho intramolecular Hbond substituents is 1. The van der Waals surface area contributed by atoms with Gasteiger partial charge < -0.3 is 14.6 Å². The van der Waals surface area contributed by atoms with Gasteiger partial charge in [0.05, 0.1) is 7.11 Å². The van der Waals surface area contributed by atoms with Gasteiger partial charge in [0, 0.05) is 22.9 Å². The van der Waals surface area contributed by atoms with Crippen LogP contribution in [0.1, 0.15) is 5.56 Å². The number of carbonyl (C=O) groups excluding carboxylic acids is 1. The number of hydrogen-bond acceptors (Lipinski definition) is 4. The number of rotatable bonds is 3. The number of benzene rings is 2. The topological polar surface area (TPSA) is 55.8 Å². The molecule has 0 saturated carbocycles. The van der Waals surface area contributed by atoms with E-state index in [4.69, 9.17) is 9.47 Å². The van der Waals surface area contributed by atoms with Crippen LogP contribution in [0, 0.1) is 6.92 Å². The lowest BCUT2D eigenvalue weighted by molar-refractivity contribution is -0.128. The van der Waals surface area contributed by atoms with Gasteiger partial charge >= 0.3 is 5.97 Å². The number of hydrogen-bond donors (Lipinski definition) is 1. The monoisotopic (exact) mass is 258 g/mol. The zero-order valence-electron chi connectivity index (χ0n) is 10.8. The van der Waals surface area contributed by atoms with Gasteiger partial charge in [0.2, 0.25) is 0 Å². The van der Waals surface area contributed by atoms with Crippen molar-refractivity contribution in [2.45, 2.75) is 6.92 Å². The van der Waals surface area contributed by atoms with Crippen LogP contribution in [0.4, 0.5) is 0 Å². The summed E-state index contributed by atoms with van der Waals surface area (Å²) in [5.74, 6) is 0.0732. The largest absolute Gasteiger partial charge is 0.507 e. The van der Waals surface area contributed by atoms with Crippen LogP contribution in [0.2, 0.25) is 0 Å². The van der Waals surface area contributed by atoms with Gasteiger partial charge in [-0.1, -0.05) is 24.3 Å².